The highest BCUT2D eigenvalue weighted by atomic mass is 35.5. The Hall–Kier alpha value is -3.05. The standard InChI is InChI=1S/C18H14ClN5/c19-16-10-12(20)11-17-18(16)23-24(22-17)15-8-6-14(7-9-15)21-13-4-2-1-3-5-13/h1-11,21H,20H2. The van der Waals surface area contributed by atoms with E-state index in [1.807, 2.05) is 54.6 Å². The van der Waals surface area contributed by atoms with Crippen LogP contribution in [0.1, 0.15) is 0 Å². The van der Waals surface area contributed by atoms with Crippen LogP contribution >= 0.6 is 11.6 Å². The van der Waals surface area contributed by atoms with Crippen LogP contribution in [0.15, 0.2) is 66.7 Å². The molecule has 1 aromatic heterocycles. The average molecular weight is 336 g/mol. The number of nitrogens with zero attached hydrogens (tertiary/aromatic N) is 3. The van der Waals surface area contributed by atoms with Crippen molar-refractivity contribution >= 4 is 39.7 Å². The molecule has 0 bridgehead atoms. The Morgan fingerprint density at radius 2 is 1.58 bits per heavy atom. The highest BCUT2D eigenvalue weighted by Gasteiger charge is 2.09. The van der Waals surface area contributed by atoms with E-state index in [-0.39, 0.29) is 0 Å². The zero-order chi connectivity index (χ0) is 16.5. The van der Waals surface area contributed by atoms with Crippen molar-refractivity contribution in [2.75, 3.05) is 11.1 Å². The number of fused-ring (bicyclic) bond motifs is 1. The number of halogens is 1. The molecule has 4 rings (SSSR count). The van der Waals surface area contributed by atoms with Gasteiger partial charge in [-0.15, -0.1) is 10.2 Å². The molecular weight excluding hydrogens is 322 g/mol. The van der Waals surface area contributed by atoms with Crippen LogP contribution < -0.4 is 11.1 Å². The monoisotopic (exact) mass is 335 g/mol. The summed E-state index contributed by atoms with van der Waals surface area (Å²) in [6.45, 7) is 0. The highest BCUT2D eigenvalue weighted by molar-refractivity contribution is 6.35. The molecule has 3 aromatic carbocycles. The van der Waals surface area contributed by atoms with Gasteiger partial charge in [0.15, 0.2) is 0 Å². The number of para-hydroxylation sites is 1. The molecule has 4 aromatic rings. The molecule has 0 saturated heterocycles. The summed E-state index contributed by atoms with van der Waals surface area (Å²) in [4.78, 5) is 1.56. The van der Waals surface area contributed by atoms with Crippen LogP contribution in [0.25, 0.3) is 16.7 Å². The van der Waals surface area contributed by atoms with Crippen LogP contribution in [-0.4, -0.2) is 15.0 Å². The molecule has 0 aliphatic heterocycles. The highest BCUT2D eigenvalue weighted by Crippen LogP contribution is 2.25. The fourth-order valence-electron chi connectivity index (χ4n) is 2.48. The molecule has 0 fully saturated rings. The van der Waals surface area contributed by atoms with Gasteiger partial charge in [-0.25, -0.2) is 0 Å². The molecule has 0 radical (unpaired) electrons. The zero-order valence-electron chi connectivity index (χ0n) is 12.6. The van der Waals surface area contributed by atoms with Gasteiger partial charge in [-0.05, 0) is 48.5 Å². The molecule has 0 aliphatic rings. The fraction of sp³-hybridized carbons (Fsp3) is 0. The lowest BCUT2D eigenvalue weighted by Gasteiger charge is -2.06. The number of aromatic nitrogens is 3. The summed E-state index contributed by atoms with van der Waals surface area (Å²) >= 11 is 6.17. The van der Waals surface area contributed by atoms with Crippen LogP contribution in [0.3, 0.4) is 0 Å². The van der Waals surface area contributed by atoms with Crippen molar-refractivity contribution in [3.8, 4) is 5.69 Å². The second kappa shape index (κ2) is 5.86. The van der Waals surface area contributed by atoms with Crippen LogP contribution in [0.5, 0.6) is 0 Å². The van der Waals surface area contributed by atoms with Crippen LogP contribution in [0, 0.1) is 0 Å². The largest absolute Gasteiger partial charge is 0.399 e. The molecule has 0 spiro atoms. The minimum Gasteiger partial charge on any atom is -0.399 e. The fourth-order valence-corrected chi connectivity index (χ4v) is 2.74. The van der Waals surface area contributed by atoms with Crippen molar-refractivity contribution in [1.29, 1.82) is 0 Å². The molecule has 0 amide bonds. The van der Waals surface area contributed by atoms with Crippen molar-refractivity contribution < 1.29 is 0 Å². The normalized spacial score (nSPS) is 10.9. The van der Waals surface area contributed by atoms with Crippen molar-refractivity contribution in [1.82, 2.24) is 15.0 Å². The molecular formula is C18H14ClN5. The number of rotatable bonds is 3. The van der Waals surface area contributed by atoms with Gasteiger partial charge < -0.3 is 11.1 Å². The summed E-state index contributed by atoms with van der Waals surface area (Å²) in [5.41, 5.74) is 10.6. The number of hydrogen-bond donors (Lipinski definition) is 2. The topological polar surface area (TPSA) is 68.8 Å². The second-order valence-electron chi connectivity index (χ2n) is 5.40. The first kappa shape index (κ1) is 14.5. The summed E-state index contributed by atoms with van der Waals surface area (Å²) in [7, 11) is 0. The van der Waals surface area contributed by atoms with Gasteiger partial charge in [0.25, 0.3) is 0 Å². The van der Waals surface area contributed by atoms with Crippen molar-refractivity contribution in [2.24, 2.45) is 0 Å². The van der Waals surface area contributed by atoms with Crippen LogP contribution in [-0.2, 0) is 0 Å². The Balaban J connectivity index is 1.64. The number of nitrogens with two attached hydrogens (primary N) is 1. The Kier molecular flexibility index (Phi) is 3.55. The SMILES string of the molecule is Nc1cc(Cl)c2nn(-c3ccc(Nc4ccccc4)cc3)nc2c1. The molecule has 118 valence electrons. The van der Waals surface area contributed by atoms with Gasteiger partial charge >= 0.3 is 0 Å². The van der Waals surface area contributed by atoms with Crippen LogP contribution in [0.4, 0.5) is 17.1 Å². The van der Waals surface area contributed by atoms with E-state index < -0.39 is 0 Å². The summed E-state index contributed by atoms with van der Waals surface area (Å²) in [5.74, 6) is 0. The zero-order valence-corrected chi connectivity index (χ0v) is 13.4. The number of nitrogen functional groups attached to an aromatic ring is 1. The number of benzene rings is 3. The molecule has 0 aliphatic carbocycles. The predicted octanol–water partition coefficient (Wildman–Crippen LogP) is 4.40. The van der Waals surface area contributed by atoms with E-state index in [1.54, 1.807) is 16.9 Å². The molecule has 1 heterocycles. The summed E-state index contributed by atoms with van der Waals surface area (Å²) < 4.78 is 0. The molecule has 0 unspecified atom stereocenters. The second-order valence-corrected chi connectivity index (χ2v) is 5.81. The van der Waals surface area contributed by atoms with E-state index in [1.165, 1.54) is 0 Å². The number of nitrogens with one attached hydrogen (secondary N) is 1. The van der Waals surface area contributed by atoms with E-state index in [0.29, 0.717) is 21.7 Å². The predicted molar refractivity (Wildman–Crippen MR) is 98.0 cm³/mol. The maximum absolute atomic E-state index is 6.17. The van der Waals surface area contributed by atoms with E-state index in [4.69, 9.17) is 17.3 Å². The van der Waals surface area contributed by atoms with Crippen molar-refractivity contribution in [3.05, 3.63) is 71.8 Å². The van der Waals surface area contributed by atoms with Gasteiger partial charge in [-0.1, -0.05) is 29.8 Å². The third-order valence-electron chi connectivity index (χ3n) is 3.62. The van der Waals surface area contributed by atoms with Gasteiger partial charge in [-0.2, -0.15) is 4.80 Å². The lowest BCUT2D eigenvalue weighted by Crippen LogP contribution is -1.98. The van der Waals surface area contributed by atoms with Gasteiger partial charge in [0.05, 0.1) is 10.7 Å². The van der Waals surface area contributed by atoms with Gasteiger partial charge in [0.2, 0.25) is 0 Å². The maximum atomic E-state index is 6.17. The van der Waals surface area contributed by atoms with Gasteiger partial charge in [0.1, 0.15) is 11.0 Å². The Bertz CT molecular complexity index is 993. The number of anilines is 3. The summed E-state index contributed by atoms with van der Waals surface area (Å²) in [5, 5.41) is 12.7. The van der Waals surface area contributed by atoms with Gasteiger partial charge in [0, 0.05) is 17.1 Å². The van der Waals surface area contributed by atoms with E-state index >= 15 is 0 Å². The van der Waals surface area contributed by atoms with E-state index in [2.05, 4.69) is 15.5 Å². The molecule has 24 heavy (non-hydrogen) atoms. The van der Waals surface area contributed by atoms with Crippen LogP contribution in [0.2, 0.25) is 5.02 Å². The van der Waals surface area contributed by atoms with E-state index in [9.17, 15) is 0 Å². The van der Waals surface area contributed by atoms with E-state index in [0.717, 1.165) is 17.1 Å². The minimum absolute atomic E-state index is 0.499. The summed E-state index contributed by atoms with van der Waals surface area (Å²) in [6.07, 6.45) is 0. The average Bonchev–Trinajstić information content (AvgIpc) is 3.01. The smallest absolute Gasteiger partial charge is 0.132 e. The molecule has 5 nitrogen and oxygen atoms in total. The third kappa shape index (κ3) is 2.77. The first-order valence-corrected chi connectivity index (χ1v) is 7.81. The lowest BCUT2D eigenvalue weighted by molar-refractivity contribution is 0.766. The van der Waals surface area contributed by atoms with Crippen molar-refractivity contribution in [2.45, 2.75) is 0 Å². The Morgan fingerprint density at radius 1 is 0.875 bits per heavy atom. The maximum Gasteiger partial charge on any atom is 0.132 e. The third-order valence-corrected chi connectivity index (χ3v) is 3.91. The molecule has 0 atom stereocenters. The lowest BCUT2D eigenvalue weighted by atomic mass is 10.2. The first-order chi connectivity index (χ1) is 11.7. The first-order valence-electron chi connectivity index (χ1n) is 7.44. The Morgan fingerprint density at radius 3 is 2.33 bits per heavy atom. The molecule has 0 saturated carbocycles. The Labute approximate surface area is 143 Å². The van der Waals surface area contributed by atoms with Gasteiger partial charge in [-0.3, -0.25) is 0 Å². The molecule has 6 heteroatoms. The number of hydrogen-bond acceptors (Lipinski definition) is 4. The summed E-state index contributed by atoms with van der Waals surface area (Å²) in [6, 6.07) is 21.3. The quantitative estimate of drug-likeness (QED) is 0.544. The minimum atomic E-state index is 0.499. The molecule has 3 N–H and O–H groups in total. The van der Waals surface area contributed by atoms with Crippen molar-refractivity contribution in [3.63, 3.8) is 0 Å².